The van der Waals surface area contributed by atoms with Gasteiger partial charge in [0.2, 0.25) is 0 Å². The summed E-state index contributed by atoms with van der Waals surface area (Å²) < 4.78 is 1.82. The van der Waals surface area contributed by atoms with Gasteiger partial charge in [0.05, 0.1) is 34.1 Å². The van der Waals surface area contributed by atoms with E-state index in [4.69, 9.17) is 4.98 Å². The number of hydrogen-bond acceptors (Lipinski definition) is 5. The Hall–Kier alpha value is -2.74. The van der Waals surface area contributed by atoms with Gasteiger partial charge in [-0.2, -0.15) is 5.10 Å². The van der Waals surface area contributed by atoms with Crippen LogP contribution in [0.2, 0.25) is 0 Å². The lowest BCUT2D eigenvalue weighted by Gasteiger charge is -2.24. The molecule has 1 aliphatic heterocycles. The minimum absolute atomic E-state index is 0.0248. The van der Waals surface area contributed by atoms with E-state index in [-0.39, 0.29) is 24.4 Å². The highest BCUT2D eigenvalue weighted by Crippen LogP contribution is 2.31. The van der Waals surface area contributed by atoms with Gasteiger partial charge in [-0.05, 0) is 44.2 Å². The van der Waals surface area contributed by atoms with Gasteiger partial charge in [-0.3, -0.25) is 9.59 Å². The van der Waals surface area contributed by atoms with Crippen LogP contribution in [-0.2, 0) is 4.79 Å². The molecule has 0 radical (unpaired) electrons. The molecule has 1 atom stereocenters. The SMILES string of the molecule is CC(C)n1ncc2c(C(=O)N3CCCC3CC(=O)O)cc(-c3cccs3)nc21. The number of carbonyl (C=O) groups is 2. The zero-order chi connectivity index (χ0) is 19.8. The average molecular weight is 398 g/mol. The number of aromatic nitrogens is 3. The van der Waals surface area contributed by atoms with Gasteiger partial charge in [-0.1, -0.05) is 6.07 Å². The van der Waals surface area contributed by atoms with E-state index < -0.39 is 5.97 Å². The summed E-state index contributed by atoms with van der Waals surface area (Å²) in [6.07, 6.45) is 3.20. The van der Waals surface area contributed by atoms with Crippen LogP contribution in [0.25, 0.3) is 21.6 Å². The third-order valence-corrected chi connectivity index (χ3v) is 6.00. The first-order chi connectivity index (χ1) is 13.5. The molecule has 8 heteroatoms. The number of carbonyl (C=O) groups excluding carboxylic acids is 1. The maximum atomic E-state index is 13.4. The molecule has 1 aliphatic rings. The van der Waals surface area contributed by atoms with E-state index in [1.54, 1.807) is 22.4 Å². The van der Waals surface area contributed by atoms with Crippen LogP contribution in [0.5, 0.6) is 0 Å². The van der Waals surface area contributed by atoms with E-state index in [2.05, 4.69) is 5.10 Å². The van der Waals surface area contributed by atoms with Gasteiger partial charge in [0, 0.05) is 18.6 Å². The predicted molar refractivity (Wildman–Crippen MR) is 108 cm³/mol. The third kappa shape index (κ3) is 3.28. The van der Waals surface area contributed by atoms with Crippen molar-refractivity contribution in [2.24, 2.45) is 0 Å². The first-order valence-electron chi connectivity index (χ1n) is 9.40. The highest BCUT2D eigenvalue weighted by molar-refractivity contribution is 7.13. The molecule has 0 bridgehead atoms. The van der Waals surface area contributed by atoms with E-state index in [9.17, 15) is 14.7 Å². The largest absolute Gasteiger partial charge is 0.481 e. The highest BCUT2D eigenvalue weighted by Gasteiger charge is 2.32. The van der Waals surface area contributed by atoms with Gasteiger partial charge in [0.1, 0.15) is 0 Å². The average Bonchev–Trinajstić information content (AvgIpc) is 3.39. The molecule has 0 aromatic carbocycles. The van der Waals surface area contributed by atoms with Crippen LogP contribution in [0.15, 0.2) is 29.8 Å². The molecule has 4 heterocycles. The molecule has 3 aromatic rings. The summed E-state index contributed by atoms with van der Waals surface area (Å²) in [4.78, 5) is 32.1. The number of carboxylic acid groups (broad SMARTS) is 1. The van der Waals surface area contributed by atoms with Crippen LogP contribution in [0, 0.1) is 0 Å². The monoisotopic (exact) mass is 398 g/mol. The van der Waals surface area contributed by atoms with Gasteiger partial charge >= 0.3 is 5.97 Å². The summed E-state index contributed by atoms with van der Waals surface area (Å²) in [6.45, 7) is 4.63. The lowest BCUT2D eigenvalue weighted by atomic mass is 10.1. The number of aliphatic carboxylic acids is 1. The van der Waals surface area contributed by atoms with E-state index in [0.29, 0.717) is 23.1 Å². The first kappa shape index (κ1) is 18.6. The fraction of sp³-hybridized carbons (Fsp3) is 0.400. The Morgan fingerprint density at radius 1 is 1.39 bits per heavy atom. The van der Waals surface area contributed by atoms with E-state index in [1.165, 1.54) is 0 Å². The van der Waals surface area contributed by atoms with Crippen molar-refractivity contribution >= 4 is 34.2 Å². The third-order valence-electron chi connectivity index (χ3n) is 5.11. The summed E-state index contributed by atoms with van der Waals surface area (Å²) in [5.41, 5.74) is 1.96. The number of amides is 1. The van der Waals surface area contributed by atoms with Crippen LogP contribution in [0.3, 0.4) is 0 Å². The van der Waals surface area contributed by atoms with Gasteiger partial charge in [0.25, 0.3) is 5.91 Å². The van der Waals surface area contributed by atoms with Crippen molar-refractivity contribution in [2.75, 3.05) is 6.54 Å². The summed E-state index contributed by atoms with van der Waals surface area (Å²) in [7, 11) is 0. The Labute approximate surface area is 166 Å². The molecule has 0 saturated carbocycles. The summed E-state index contributed by atoms with van der Waals surface area (Å²) in [6, 6.07) is 5.60. The number of rotatable bonds is 5. The van der Waals surface area contributed by atoms with Crippen molar-refractivity contribution in [3.63, 3.8) is 0 Å². The molecule has 0 spiro atoms. The van der Waals surface area contributed by atoms with Crippen LogP contribution in [0.1, 0.15) is 49.5 Å². The minimum Gasteiger partial charge on any atom is -0.481 e. The Kier molecular flexibility index (Phi) is 4.89. The molecule has 1 amide bonds. The molecule has 4 rings (SSSR count). The molecular formula is C20H22N4O3S. The van der Waals surface area contributed by atoms with Crippen molar-refractivity contribution in [2.45, 2.75) is 45.2 Å². The van der Waals surface area contributed by atoms with E-state index in [1.807, 2.05) is 42.1 Å². The smallest absolute Gasteiger partial charge is 0.305 e. The maximum Gasteiger partial charge on any atom is 0.305 e. The number of fused-ring (bicyclic) bond motifs is 1. The quantitative estimate of drug-likeness (QED) is 0.706. The normalized spacial score (nSPS) is 17.0. The summed E-state index contributed by atoms with van der Waals surface area (Å²) in [5, 5.41) is 16.3. The van der Waals surface area contributed by atoms with Gasteiger partial charge < -0.3 is 10.0 Å². The molecule has 7 nitrogen and oxygen atoms in total. The van der Waals surface area contributed by atoms with E-state index in [0.717, 1.165) is 23.4 Å². The molecule has 1 saturated heterocycles. The second kappa shape index (κ2) is 7.35. The zero-order valence-electron chi connectivity index (χ0n) is 15.8. The number of likely N-dealkylation sites (tertiary alicyclic amines) is 1. The minimum atomic E-state index is -0.878. The topological polar surface area (TPSA) is 88.3 Å². The van der Waals surface area contributed by atoms with Crippen LogP contribution in [0.4, 0.5) is 0 Å². The van der Waals surface area contributed by atoms with Crippen molar-refractivity contribution < 1.29 is 14.7 Å². The molecule has 146 valence electrons. The lowest BCUT2D eigenvalue weighted by molar-refractivity contribution is -0.137. The number of hydrogen-bond donors (Lipinski definition) is 1. The van der Waals surface area contributed by atoms with Crippen molar-refractivity contribution in [3.05, 3.63) is 35.3 Å². The summed E-state index contributed by atoms with van der Waals surface area (Å²) >= 11 is 1.57. The molecular weight excluding hydrogens is 376 g/mol. The molecule has 28 heavy (non-hydrogen) atoms. The molecule has 3 aromatic heterocycles. The Balaban J connectivity index is 1.83. The maximum absolute atomic E-state index is 13.4. The van der Waals surface area contributed by atoms with Crippen molar-refractivity contribution in [1.82, 2.24) is 19.7 Å². The second-order valence-electron chi connectivity index (χ2n) is 7.34. The van der Waals surface area contributed by atoms with Crippen LogP contribution in [-0.4, -0.2) is 49.2 Å². The molecule has 1 fully saturated rings. The second-order valence-corrected chi connectivity index (χ2v) is 8.29. The standard InChI is InChI=1S/C20H22N4O3S/c1-12(2)24-19-15(11-21-24)14(10-16(22-19)17-6-4-8-28-17)20(27)23-7-3-5-13(23)9-18(25)26/h4,6,8,10-13H,3,5,7,9H2,1-2H3,(H,25,26). The van der Waals surface area contributed by atoms with Gasteiger partial charge in [-0.25, -0.2) is 9.67 Å². The van der Waals surface area contributed by atoms with Crippen molar-refractivity contribution in [1.29, 1.82) is 0 Å². The fourth-order valence-electron chi connectivity index (χ4n) is 3.80. The highest BCUT2D eigenvalue weighted by atomic mass is 32.1. The van der Waals surface area contributed by atoms with Gasteiger partial charge in [-0.15, -0.1) is 11.3 Å². The number of nitrogens with zero attached hydrogens (tertiary/aromatic N) is 4. The van der Waals surface area contributed by atoms with E-state index >= 15 is 0 Å². The van der Waals surface area contributed by atoms with Crippen molar-refractivity contribution in [3.8, 4) is 10.6 Å². The molecule has 1 unspecified atom stereocenters. The Morgan fingerprint density at radius 2 is 2.21 bits per heavy atom. The van der Waals surface area contributed by atoms with Crippen LogP contribution >= 0.6 is 11.3 Å². The van der Waals surface area contributed by atoms with Gasteiger partial charge in [0.15, 0.2) is 5.65 Å². The predicted octanol–water partition coefficient (Wildman–Crippen LogP) is 3.82. The Morgan fingerprint density at radius 3 is 2.89 bits per heavy atom. The first-order valence-corrected chi connectivity index (χ1v) is 10.3. The number of thiophene rings is 1. The number of carboxylic acids is 1. The summed E-state index contributed by atoms with van der Waals surface area (Å²) in [5.74, 6) is -1.02. The molecule has 0 aliphatic carbocycles. The Bertz CT molecular complexity index is 1030. The number of pyridine rings is 1. The van der Waals surface area contributed by atoms with Crippen LogP contribution < -0.4 is 0 Å². The fourth-order valence-corrected chi connectivity index (χ4v) is 4.48. The molecule has 1 N–H and O–H groups in total. The lowest BCUT2D eigenvalue weighted by Crippen LogP contribution is -2.37. The zero-order valence-corrected chi connectivity index (χ0v) is 16.6.